The molecule has 0 aliphatic rings. The Morgan fingerprint density at radius 3 is 0.810 bits per heavy atom. The van der Waals surface area contributed by atoms with Crippen LogP contribution in [0.3, 0.4) is 0 Å². The Balaban J connectivity index is 5.29. The van der Waals surface area contributed by atoms with Crippen molar-refractivity contribution in [2.75, 3.05) is 39.6 Å². The normalized spacial score (nSPS) is 14.2. The van der Waals surface area contributed by atoms with Crippen LogP contribution in [0.5, 0.6) is 0 Å². The molecule has 17 nitrogen and oxygen atoms in total. The number of hydrogen-bond donors (Lipinski definition) is 3. The molecule has 0 rings (SSSR count). The van der Waals surface area contributed by atoms with Gasteiger partial charge in [-0.25, -0.2) is 9.13 Å². The number of carbonyl (C=O) groups is 4. The second-order valence-corrected chi connectivity index (χ2v) is 30.3. The average molecular weight is 1460 g/mol. The van der Waals surface area contributed by atoms with Crippen molar-refractivity contribution >= 4 is 39.5 Å². The van der Waals surface area contributed by atoms with Gasteiger partial charge in [0.25, 0.3) is 0 Å². The molecule has 5 unspecified atom stereocenters. The molecule has 0 saturated carbocycles. The molecule has 0 fully saturated rings. The predicted octanol–water partition coefficient (Wildman–Crippen LogP) is 23.5. The van der Waals surface area contributed by atoms with E-state index in [1.54, 1.807) is 0 Å². The first-order valence-corrected chi connectivity index (χ1v) is 43.5. The van der Waals surface area contributed by atoms with Gasteiger partial charge in [0.1, 0.15) is 19.3 Å². The van der Waals surface area contributed by atoms with Crippen LogP contribution >= 0.6 is 15.6 Å². The van der Waals surface area contributed by atoms with Crippen molar-refractivity contribution < 1.29 is 80.2 Å². The summed E-state index contributed by atoms with van der Waals surface area (Å²) in [5.41, 5.74) is 0. The minimum Gasteiger partial charge on any atom is -0.462 e. The first-order chi connectivity index (χ1) is 48.7. The van der Waals surface area contributed by atoms with E-state index in [1.165, 1.54) is 135 Å². The SMILES string of the molecule is CCCC/C=C\CCCCCCCC(=O)OC(COC(=O)CCCCCCCC/C=C\C/C=C\C/C=C\CCCCC)COP(=O)(O)OCC(O)COP(=O)(O)OCC(COC(=O)CCCCCCC/C=C\CCCCCCCC)OC(=O)CCCCCCCCCCCCCCCCC. The molecule has 3 N–H and O–H groups in total. The molecule has 0 aromatic heterocycles. The number of hydrogen-bond acceptors (Lipinski definition) is 15. The topological polar surface area (TPSA) is 237 Å². The zero-order valence-corrected chi connectivity index (χ0v) is 65.7. The maximum atomic E-state index is 13.1. The zero-order valence-electron chi connectivity index (χ0n) is 63.9. The van der Waals surface area contributed by atoms with Crippen molar-refractivity contribution in [3.8, 4) is 0 Å². The second kappa shape index (κ2) is 74.0. The number of aliphatic hydroxyl groups is 1. The summed E-state index contributed by atoms with van der Waals surface area (Å²) in [6.07, 6.45) is 73.4. The highest BCUT2D eigenvalue weighted by Crippen LogP contribution is 2.45. The summed E-state index contributed by atoms with van der Waals surface area (Å²) in [6, 6.07) is 0. The van der Waals surface area contributed by atoms with Crippen molar-refractivity contribution in [3.05, 3.63) is 60.8 Å². The number of allylic oxidation sites excluding steroid dienone is 10. The Morgan fingerprint density at radius 2 is 0.500 bits per heavy atom. The predicted molar refractivity (Wildman–Crippen MR) is 409 cm³/mol. The van der Waals surface area contributed by atoms with Gasteiger partial charge in [-0.1, -0.05) is 300 Å². The second-order valence-electron chi connectivity index (χ2n) is 27.4. The molecule has 0 amide bonds. The summed E-state index contributed by atoms with van der Waals surface area (Å²) in [6.45, 7) is 4.84. The van der Waals surface area contributed by atoms with Crippen LogP contribution < -0.4 is 0 Å². The molecule has 0 aromatic rings. The summed E-state index contributed by atoms with van der Waals surface area (Å²) >= 11 is 0. The number of phosphoric acid groups is 2. The third-order valence-electron chi connectivity index (χ3n) is 17.5. The fourth-order valence-corrected chi connectivity index (χ4v) is 12.8. The van der Waals surface area contributed by atoms with E-state index < -0.39 is 97.5 Å². The van der Waals surface area contributed by atoms with Crippen LogP contribution in [0.25, 0.3) is 0 Å². The van der Waals surface area contributed by atoms with E-state index in [9.17, 15) is 43.2 Å². The van der Waals surface area contributed by atoms with E-state index in [-0.39, 0.29) is 25.7 Å². The van der Waals surface area contributed by atoms with Gasteiger partial charge in [0.2, 0.25) is 0 Å². The third kappa shape index (κ3) is 73.1. The molecule has 0 saturated heterocycles. The van der Waals surface area contributed by atoms with Crippen molar-refractivity contribution in [1.82, 2.24) is 0 Å². The Hall–Kier alpha value is -3.24. The molecule has 19 heteroatoms. The Morgan fingerprint density at radius 1 is 0.280 bits per heavy atom. The van der Waals surface area contributed by atoms with E-state index in [0.29, 0.717) is 25.7 Å². The highest BCUT2D eigenvalue weighted by molar-refractivity contribution is 7.47. The van der Waals surface area contributed by atoms with Crippen molar-refractivity contribution in [2.45, 2.75) is 393 Å². The highest BCUT2D eigenvalue weighted by Gasteiger charge is 2.30. The molecule has 0 heterocycles. The smallest absolute Gasteiger partial charge is 0.462 e. The maximum absolute atomic E-state index is 13.1. The summed E-state index contributed by atoms with van der Waals surface area (Å²) in [5, 5.41) is 10.6. The minimum absolute atomic E-state index is 0.0847. The largest absolute Gasteiger partial charge is 0.472 e. The monoisotopic (exact) mass is 1460 g/mol. The molecule has 100 heavy (non-hydrogen) atoms. The van der Waals surface area contributed by atoms with Crippen LogP contribution in [0.4, 0.5) is 0 Å². The van der Waals surface area contributed by atoms with Gasteiger partial charge in [-0.15, -0.1) is 0 Å². The quantitative estimate of drug-likeness (QED) is 0.0169. The molecule has 584 valence electrons. The van der Waals surface area contributed by atoms with Crippen molar-refractivity contribution in [3.63, 3.8) is 0 Å². The summed E-state index contributed by atoms with van der Waals surface area (Å²) in [4.78, 5) is 72.9. The van der Waals surface area contributed by atoms with E-state index in [4.69, 9.17) is 37.0 Å². The molecular weight excluding hydrogens is 1310 g/mol. The van der Waals surface area contributed by atoms with Crippen LogP contribution in [0.2, 0.25) is 0 Å². The number of ether oxygens (including phenoxy) is 4. The lowest BCUT2D eigenvalue weighted by atomic mass is 10.0. The molecule has 5 atom stereocenters. The number of carbonyl (C=O) groups excluding carboxylic acids is 4. The number of aliphatic hydroxyl groups excluding tert-OH is 1. The molecule has 0 aliphatic heterocycles. The van der Waals surface area contributed by atoms with E-state index >= 15 is 0 Å². The van der Waals surface area contributed by atoms with Crippen molar-refractivity contribution in [2.24, 2.45) is 0 Å². The van der Waals surface area contributed by atoms with E-state index in [0.717, 1.165) is 161 Å². The van der Waals surface area contributed by atoms with Crippen molar-refractivity contribution in [1.29, 1.82) is 0 Å². The number of unbranched alkanes of at least 4 members (excludes halogenated alkanes) is 41. The molecule has 0 bridgehead atoms. The maximum Gasteiger partial charge on any atom is 0.472 e. The zero-order chi connectivity index (χ0) is 73.2. The fraction of sp³-hybridized carbons (Fsp3) is 0.827. The number of rotatable bonds is 77. The van der Waals surface area contributed by atoms with Gasteiger partial charge in [-0.2, -0.15) is 0 Å². The van der Waals surface area contributed by atoms with Gasteiger partial charge in [-0.05, 0) is 109 Å². The van der Waals surface area contributed by atoms with Gasteiger partial charge < -0.3 is 33.8 Å². The summed E-state index contributed by atoms with van der Waals surface area (Å²) in [5.74, 6) is -2.17. The van der Waals surface area contributed by atoms with Gasteiger partial charge in [0.15, 0.2) is 12.2 Å². The Labute approximate surface area is 610 Å². The summed E-state index contributed by atoms with van der Waals surface area (Å²) < 4.78 is 68.6. The first-order valence-electron chi connectivity index (χ1n) is 40.5. The van der Waals surface area contributed by atoms with Gasteiger partial charge in [-0.3, -0.25) is 37.3 Å². The lowest BCUT2D eigenvalue weighted by molar-refractivity contribution is -0.161. The Bertz CT molecular complexity index is 2130. The molecule has 0 spiro atoms. The number of esters is 4. The fourth-order valence-electron chi connectivity index (χ4n) is 11.2. The average Bonchev–Trinajstić information content (AvgIpc) is 1.16. The van der Waals surface area contributed by atoms with Crippen LogP contribution in [0, 0.1) is 0 Å². The van der Waals surface area contributed by atoms with Crippen LogP contribution in [0.15, 0.2) is 60.8 Å². The third-order valence-corrected chi connectivity index (χ3v) is 19.4. The molecule has 0 aliphatic carbocycles. The molecule has 0 radical (unpaired) electrons. The first kappa shape index (κ1) is 96.8. The lowest BCUT2D eigenvalue weighted by Gasteiger charge is -2.21. The van der Waals surface area contributed by atoms with Crippen LogP contribution in [0.1, 0.15) is 374 Å². The number of phosphoric ester groups is 2. The standard InChI is InChI=1S/C81H148O17P2/c1-5-9-13-17-21-25-29-32-35-36-37-38-41-43-47-50-54-58-62-66-79(84)91-71-76(97-80(85)67-63-59-55-51-45-28-24-20-16-12-8-4)73-95-99(87,88)93-69-75(82)70-94-100(89,90)96-74-77(98-81(86)68-64-60-56-52-48-44-40-34-31-27-23-19-15-11-7-3)72-92-78(83)65-61-57-53-49-46-42-39-33-30-26-22-18-14-10-6-2/h20-21,24-25,32-33,35,37-39,75-77,82H,5-19,22-23,26-31,34,36,40-74H2,1-4H3,(H,87,88)(H,89,90)/b24-20-,25-21-,35-32-,38-37-,39-33-. The van der Waals surface area contributed by atoms with Gasteiger partial charge in [0, 0.05) is 25.7 Å². The Kier molecular flexibility index (Phi) is 71.6. The van der Waals surface area contributed by atoms with E-state index in [2.05, 4.69) is 88.5 Å². The molecular formula is C81H148O17P2. The van der Waals surface area contributed by atoms with Gasteiger partial charge >= 0.3 is 39.5 Å². The summed E-state index contributed by atoms with van der Waals surface area (Å²) in [7, 11) is -9.94. The lowest BCUT2D eigenvalue weighted by Crippen LogP contribution is -2.30. The van der Waals surface area contributed by atoms with Crippen LogP contribution in [-0.4, -0.2) is 96.7 Å². The van der Waals surface area contributed by atoms with Gasteiger partial charge in [0.05, 0.1) is 26.4 Å². The van der Waals surface area contributed by atoms with E-state index in [1.807, 2.05) is 0 Å². The van der Waals surface area contributed by atoms with Crippen LogP contribution in [-0.2, 0) is 65.4 Å². The highest BCUT2D eigenvalue weighted by atomic mass is 31.2. The minimum atomic E-state index is -4.97. The molecule has 0 aromatic carbocycles.